The molecule has 0 atom stereocenters. The van der Waals surface area contributed by atoms with Crippen LogP contribution >= 0.6 is 0 Å². The van der Waals surface area contributed by atoms with Gasteiger partial charge in [0, 0.05) is 12.7 Å². The number of carbonyl (C=O) groups excluding carboxylic acids is 1. The summed E-state index contributed by atoms with van der Waals surface area (Å²) in [5, 5.41) is 0. The average molecular weight is 260 g/mol. The molecule has 0 saturated heterocycles. The van der Waals surface area contributed by atoms with Crippen LogP contribution in [0, 0.1) is 0 Å². The first kappa shape index (κ1) is 14.1. The molecule has 1 heterocycles. The zero-order valence-electron chi connectivity index (χ0n) is 12.6. The second kappa shape index (κ2) is 4.34. The molecular weight excluding hydrogens is 236 g/mol. The van der Waals surface area contributed by atoms with Crippen LogP contribution in [-0.4, -0.2) is 19.5 Å². The number of hydrogen-bond acceptors (Lipinski definition) is 2. The van der Waals surface area contributed by atoms with Crippen molar-refractivity contribution in [1.82, 2.24) is 0 Å². The molecule has 2 rings (SSSR count). The van der Waals surface area contributed by atoms with Gasteiger partial charge in [-0.15, -0.1) is 0 Å². The molecule has 0 fully saturated rings. The second-order valence-electron chi connectivity index (χ2n) is 6.64. The third-order valence-electron chi connectivity index (χ3n) is 4.42. The number of nitrogens with zero attached hydrogens (tertiary/aromatic N) is 1. The van der Waals surface area contributed by atoms with Crippen molar-refractivity contribution in [3.05, 3.63) is 29.3 Å². The number of fused-ring (bicyclic) bond motifs is 1. The smallest absolute Gasteiger partial charge is 0.236 e. The molecule has 0 radical (unpaired) electrons. The summed E-state index contributed by atoms with van der Waals surface area (Å²) in [5.41, 5.74) is 8.73. The Bertz CT molecular complexity index is 517. The largest absolute Gasteiger partial charge is 0.330 e. The maximum atomic E-state index is 12.3. The lowest BCUT2D eigenvalue weighted by molar-refractivity contribution is -0.121. The van der Waals surface area contributed by atoms with Crippen LogP contribution in [0.4, 0.5) is 5.69 Å². The summed E-state index contributed by atoms with van der Waals surface area (Å²) >= 11 is 0. The van der Waals surface area contributed by atoms with E-state index < -0.39 is 5.41 Å². The Hall–Kier alpha value is -1.35. The van der Waals surface area contributed by atoms with Gasteiger partial charge in [-0.3, -0.25) is 4.79 Å². The molecule has 1 aromatic carbocycles. The van der Waals surface area contributed by atoms with E-state index in [4.69, 9.17) is 5.73 Å². The Balaban J connectivity index is 2.52. The summed E-state index contributed by atoms with van der Waals surface area (Å²) in [6.45, 7) is 9.07. The van der Waals surface area contributed by atoms with Crippen LogP contribution in [0.25, 0.3) is 0 Å². The van der Waals surface area contributed by atoms with E-state index in [1.807, 2.05) is 20.9 Å². The third kappa shape index (κ3) is 2.06. The van der Waals surface area contributed by atoms with Crippen molar-refractivity contribution < 1.29 is 4.79 Å². The van der Waals surface area contributed by atoms with Crippen molar-refractivity contribution >= 4 is 11.6 Å². The summed E-state index contributed by atoms with van der Waals surface area (Å²) in [5.74, 6) is 0.163. The highest BCUT2D eigenvalue weighted by Gasteiger charge is 2.42. The van der Waals surface area contributed by atoms with E-state index in [2.05, 4.69) is 32.0 Å². The Morgan fingerprint density at radius 1 is 1.32 bits per heavy atom. The Kier molecular flexibility index (Phi) is 3.21. The van der Waals surface area contributed by atoms with Crippen LogP contribution in [0.5, 0.6) is 0 Å². The number of nitrogens with two attached hydrogens (primary N) is 1. The van der Waals surface area contributed by atoms with Crippen LogP contribution in [-0.2, 0) is 15.6 Å². The van der Waals surface area contributed by atoms with E-state index in [1.165, 1.54) is 5.56 Å². The molecule has 1 aromatic rings. The van der Waals surface area contributed by atoms with Gasteiger partial charge < -0.3 is 10.6 Å². The van der Waals surface area contributed by atoms with Crippen LogP contribution in [0.2, 0.25) is 0 Å². The molecule has 0 aliphatic carbocycles. The maximum absolute atomic E-state index is 12.3. The van der Waals surface area contributed by atoms with Gasteiger partial charge in [0.05, 0.1) is 5.41 Å². The molecular formula is C16H24N2O. The summed E-state index contributed by atoms with van der Waals surface area (Å²) in [6, 6.07) is 6.38. The number of anilines is 1. The zero-order chi connectivity index (χ0) is 14.4. The Morgan fingerprint density at radius 3 is 2.53 bits per heavy atom. The quantitative estimate of drug-likeness (QED) is 0.908. The molecule has 1 aliphatic heterocycles. The van der Waals surface area contributed by atoms with E-state index in [9.17, 15) is 4.79 Å². The maximum Gasteiger partial charge on any atom is 0.236 e. The predicted octanol–water partition coefficient (Wildman–Crippen LogP) is 2.57. The highest BCUT2D eigenvalue weighted by Crippen LogP contribution is 2.42. The van der Waals surface area contributed by atoms with Gasteiger partial charge in [-0.1, -0.05) is 26.0 Å². The van der Waals surface area contributed by atoms with Gasteiger partial charge in [-0.05, 0) is 49.4 Å². The molecule has 3 nitrogen and oxygen atoms in total. The minimum Gasteiger partial charge on any atom is -0.330 e. The number of likely N-dealkylation sites (N-methyl/N-ethyl adjacent to an activating group) is 1. The van der Waals surface area contributed by atoms with Gasteiger partial charge in [-0.25, -0.2) is 0 Å². The topological polar surface area (TPSA) is 46.3 Å². The Labute approximate surface area is 115 Å². The number of hydrogen-bond donors (Lipinski definition) is 1. The Morgan fingerprint density at radius 2 is 1.95 bits per heavy atom. The average Bonchev–Trinajstić information content (AvgIpc) is 2.51. The number of rotatable bonds is 3. The molecule has 1 amide bonds. The SMILES string of the molecule is CN1C(=O)C(C)(C)c2cc(C(C)(C)CCN)ccc21. The molecule has 0 aromatic heterocycles. The van der Waals surface area contributed by atoms with Gasteiger partial charge in [0.1, 0.15) is 0 Å². The fourth-order valence-electron chi connectivity index (χ4n) is 2.90. The molecule has 2 N–H and O–H groups in total. The zero-order valence-corrected chi connectivity index (χ0v) is 12.6. The lowest BCUT2D eigenvalue weighted by Gasteiger charge is -2.26. The fourth-order valence-corrected chi connectivity index (χ4v) is 2.90. The minimum absolute atomic E-state index is 0.0457. The van der Waals surface area contributed by atoms with Gasteiger partial charge in [0.15, 0.2) is 0 Å². The van der Waals surface area contributed by atoms with Gasteiger partial charge in [-0.2, -0.15) is 0 Å². The molecule has 3 heteroatoms. The molecule has 1 aliphatic rings. The lowest BCUT2D eigenvalue weighted by Crippen LogP contribution is -2.33. The molecule has 0 spiro atoms. The summed E-state index contributed by atoms with van der Waals surface area (Å²) in [7, 11) is 1.85. The molecule has 0 bridgehead atoms. The van der Waals surface area contributed by atoms with Gasteiger partial charge >= 0.3 is 0 Å². The van der Waals surface area contributed by atoms with Crippen molar-refractivity contribution in [1.29, 1.82) is 0 Å². The van der Waals surface area contributed by atoms with E-state index >= 15 is 0 Å². The monoisotopic (exact) mass is 260 g/mol. The van der Waals surface area contributed by atoms with Crippen molar-refractivity contribution in [2.24, 2.45) is 5.73 Å². The number of carbonyl (C=O) groups is 1. The third-order valence-corrected chi connectivity index (χ3v) is 4.42. The van der Waals surface area contributed by atoms with Crippen LogP contribution in [0.3, 0.4) is 0 Å². The summed E-state index contributed by atoms with van der Waals surface area (Å²) in [4.78, 5) is 14.0. The fraction of sp³-hybridized carbons (Fsp3) is 0.562. The lowest BCUT2D eigenvalue weighted by atomic mass is 9.78. The van der Waals surface area contributed by atoms with Crippen LogP contribution in [0.1, 0.15) is 45.2 Å². The molecule has 0 unspecified atom stereocenters. The summed E-state index contributed by atoms with van der Waals surface area (Å²) in [6.07, 6.45) is 0.940. The molecule has 0 saturated carbocycles. The van der Waals surface area contributed by atoms with E-state index in [0.29, 0.717) is 6.54 Å². The standard InChI is InChI=1S/C16H24N2O/c1-15(2,8-9-17)11-6-7-13-12(10-11)16(3,4)14(19)18(13)5/h6-7,10H,8-9,17H2,1-5H3. The van der Waals surface area contributed by atoms with Crippen molar-refractivity contribution in [3.8, 4) is 0 Å². The van der Waals surface area contributed by atoms with Gasteiger partial charge in [0.25, 0.3) is 0 Å². The summed E-state index contributed by atoms with van der Waals surface area (Å²) < 4.78 is 0. The van der Waals surface area contributed by atoms with Crippen LogP contribution in [0.15, 0.2) is 18.2 Å². The molecule has 19 heavy (non-hydrogen) atoms. The van der Waals surface area contributed by atoms with Gasteiger partial charge in [0.2, 0.25) is 5.91 Å². The number of benzene rings is 1. The number of amides is 1. The molecule has 104 valence electrons. The highest BCUT2D eigenvalue weighted by molar-refractivity contribution is 6.07. The van der Waals surface area contributed by atoms with E-state index in [-0.39, 0.29) is 11.3 Å². The van der Waals surface area contributed by atoms with E-state index in [1.54, 1.807) is 4.90 Å². The van der Waals surface area contributed by atoms with E-state index in [0.717, 1.165) is 17.7 Å². The van der Waals surface area contributed by atoms with Crippen LogP contribution < -0.4 is 10.6 Å². The predicted molar refractivity (Wildman–Crippen MR) is 79.6 cm³/mol. The second-order valence-corrected chi connectivity index (χ2v) is 6.64. The first-order valence-corrected chi connectivity index (χ1v) is 6.85. The minimum atomic E-state index is -0.432. The van der Waals surface area contributed by atoms with Crippen molar-refractivity contribution in [2.75, 3.05) is 18.5 Å². The highest BCUT2D eigenvalue weighted by atomic mass is 16.2. The normalized spacial score (nSPS) is 17.8. The first-order chi connectivity index (χ1) is 8.71. The van der Waals surface area contributed by atoms with Crippen molar-refractivity contribution in [3.63, 3.8) is 0 Å². The first-order valence-electron chi connectivity index (χ1n) is 6.85. The van der Waals surface area contributed by atoms with Crippen molar-refractivity contribution in [2.45, 2.75) is 44.9 Å².